The molecule has 0 saturated carbocycles. The predicted molar refractivity (Wildman–Crippen MR) is 136 cm³/mol. The minimum absolute atomic E-state index is 0.0622. The summed E-state index contributed by atoms with van der Waals surface area (Å²) in [5.41, 5.74) is 5.04. The first-order valence-electron chi connectivity index (χ1n) is 11.5. The summed E-state index contributed by atoms with van der Waals surface area (Å²) in [6.07, 6.45) is 1.88. The summed E-state index contributed by atoms with van der Waals surface area (Å²) in [5, 5.41) is 9.54. The molecule has 0 aliphatic rings. The van der Waals surface area contributed by atoms with Gasteiger partial charge < -0.3 is 9.47 Å². The van der Waals surface area contributed by atoms with Gasteiger partial charge in [0.2, 0.25) is 0 Å². The zero-order valence-electron chi connectivity index (χ0n) is 19.9. The van der Waals surface area contributed by atoms with Crippen LogP contribution in [-0.2, 0) is 6.61 Å². The molecule has 0 spiro atoms. The van der Waals surface area contributed by atoms with Gasteiger partial charge in [-0.05, 0) is 43.7 Å². The van der Waals surface area contributed by atoms with Gasteiger partial charge >= 0.3 is 0 Å². The van der Waals surface area contributed by atoms with Crippen LogP contribution < -0.4 is 15.0 Å². The lowest BCUT2D eigenvalue weighted by molar-refractivity contribution is 0.306. The molecule has 176 valence electrons. The number of nitrogens with zero attached hydrogens (tertiary/aromatic N) is 4. The van der Waals surface area contributed by atoms with Crippen LogP contribution in [-0.4, -0.2) is 26.5 Å². The first-order valence-corrected chi connectivity index (χ1v) is 11.5. The Morgan fingerprint density at radius 2 is 1.66 bits per heavy atom. The number of hydrogen-bond donors (Lipinski definition) is 0. The Bertz CT molecular complexity index is 1520. The first-order chi connectivity index (χ1) is 17.0. The second kappa shape index (κ2) is 9.46. The standard InChI is InChI=1S/C28H26N4O3/c1-19(2)32-26(33)14-13-24(29-32)27-25-17-23(35-18-20-9-11-22(34-3)12-10-20)15-16-31(25)30-28(27)21-7-5-4-6-8-21/h4-17,19H,18H2,1-3H3. The molecule has 0 radical (unpaired) electrons. The molecular formula is C28H26N4O3. The number of aromatic nitrogens is 4. The van der Waals surface area contributed by atoms with Gasteiger partial charge in [-0.1, -0.05) is 42.5 Å². The van der Waals surface area contributed by atoms with Gasteiger partial charge in [-0.15, -0.1) is 0 Å². The molecule has 7 nitrogen and oxygen atoms in total. The van der Waals surface area contributed by atoms with Crippen molar-refractivity contribution in [3.63, 3.8) is 0 Å². The lowest BCUT2D eigenvalue weighted by atomic mass is 10.0. The lowest BCUT2D eigenvalue weighted by Gasteiger charge is -2.11. The van der Waals surface area contributed by atoms with E-state index in [1.54, 1.807) is 19.2 Å². The van der Waals surface area contributed by atoms with Crippen LogP contribution in [0.25, 0.3) is 28.0 Å². The zero-order chi connectivity index (χ0) is 24.4. The molecule has 7 heteroatoms. The van der Waals surface area contributed by atoms with Gasteiger partial charge in [0.25, 0.3) is 5.56 Å². The van der Waals surface area contributed by atoms with Gasteiger partial charge in [0.1, 0.15) is 23.8 Å². The second-order valence-electron chi connectivity index (χ2n) is 8.51. The molecule has 35 heavy (non-hydrogen) atoms. The molecule has 5 rings (SSSR count). The maximum absolute atomic E-state index is 12.4. The third-order valence-corrected chi connectivity index (χ3v) is 5.79. The molecule has 0 fully saturated rings. The fourth-order valence-corrected chi connectivity index (χ4v) is 3.98. The van der Waals surface area contributed by atoms with Gasteiger partial charge in [0.05, 0.1) is 29.9 Å². The summed E-state index contributed by atoms with van der Waals surface area (Å²) in [5.74, 6) is 1.52. The van der Waals surface area contributed by atoms with E-state index in [2.05, 4.69) is 5.10 Å². The van der Waals surface area contributed by atoms with Crippen molar-refractivity contribution in [2.45, 2.75) is 26.5 Å². The van der Waals surface area contributed by atoms with Crippen molar-refractivity contribution in [3.8, 4) is 34.0 Å². The molecule has 0 bridgehead atoms. The quantitative estimate of drug-likeness (QED) is 0.321. The number of methoxy groups -OCH3 is 1. The number of ether oxygens (including phenoxy) is 2. The van der Waals surface area contributed by atoms with Gasteiger partial charge in [-0.25, -0.2) is 9.20 Å². The summed E-state index contributed by atoms with van der Waals surface area (Å²) in [6.45, 7) is 4.31. The topological polar surface area (TPSA) is 70.7 Å². The summed E-state index contributed by atoms with van der Waals surface area (Å²) < 4.78 is 14.7. The largest absolute Gasteiger partial charge is 0.497 e. The van der Waals surface area contributed by atoms with Crippen molar-refractivity contribution in [3.05, 3.63) is 101 Å². The minimum atomic E-state index is -0.134. The molecular weight excluding hydrogens is 440 g/mol. The van der Waals surface area contributed by atoms with E-state index in [1.165, 1.54) is 4.68 Å². The molecule has 0 saturated heterocycles. The average molecular weight is 467 g/mol. The lowest BCUT2D eigenvalue weighted by Crippen LogP contribution is -2.23. The molecule has 3 heterocycles. The third-order valence-electron chi connectivity index (χ3n) is 5.79. The van der Waals surface area contributed by atoms with Crippen LogP contribution in [0.2, 0.25) is 0 Å². The normalized spacial score (nSPS) is 11.2. The molecule has 0 N–H and O–H groups in total. The highest BCUT2D eigenvalue weighted by Gasteiger charge is 2.19. The van der Waals surface area contributed by atoms with Gasteiger partial charge in [0.15, 0.2) is 0 Å². The molecule has 3 aromatic heterocycles. The molecule has 0 amide bonds. The minimum Gasteiger partial charge on any atom is -0.497 e. The summed E-state index contributed by atoms with van der Waals surface area (Å²) in [7, 11) is 1.65. The number of benzene rings is 2. The van der Waals surface area contributed by atoms with Crippen LogP contribution in [0.15, 0.2) is 89.9 Å². The molecule has 5 aromatic rings. The average Bonchev–Trinajstić information content (AvgIpc) is 3.27. The number of hydrogen-bond acceptors (Lipinski definition) is 5. The first kappa shape index (κ1) is 22.4. The monoisotopic (exact) mass is 466 g/mol. The van der Waals surface area contributed by atoms with Crippen LogP contribution in [0.5, 0.6) is 11.5 Å². The van der Waals surface area contributed by atoms with E-state index >= 15 is 0 Å². The van der Waals surface area contributed by atoms with Gasteiger partial charge in [-0.3, -0.25) is 4.79 Å². The van der Waals surface area contributed by atoms with Gasteiger partial charge in [-0.2, -0.15) is 10.2 Å². The van der Waals surface area contributed by atoms with E-state index in [4.69, 9.17) is 14.6 Å². The smallest absolute Gasteiger partial charge is 0.267 e. The van der Waals surface area contributed by atoms with E-state index in [0.717, 1.165) is 33.7 Å². The van der Waals surface area contributed by atoms with Crippen molar-refractivity contribution in [1.82, 2.24) is 19.4 Å². The van der Waals surface area contributed by atoms with Crippen molar-refractivity contribution < 1.29 is 9.47 Å². The molecule has 0 aliphatic heterocycles. The van der Waals surface area contributed by atoms with Crippen LogP contribution in [0, 0.1) is 0 Å². The molecule has 0 aliphatic carbocycles. The van der Waals surface area contributed by atoms with Crippen molar-refractivity contribution in [2.75, 3.05) is 7.11 Å². The van der Waals surface area contributed by atoms with E-state index < -0.39 is 0 Å². The third kappa shape index (κ3) is 4.53. The van der Waals surface area contributed by atoms with Crippen LogP contribution >= 0.6 is 0 Å². The Balaban J connectivity index is 1.60. The maximum atomic E-state index is 12.4. The van der Waals surface area contributed by atoms with Crippen molar-refractivity contribution in [1.29, 1.82) is 0 Å². The Hall–Kier alpha value is -4.39. The zero-order valence-corrected chi connectivity index (χ0v) is 19.9. The van der Waals surface area contributed by atoms with Crippen LogP contribution in [0.1, 0.15) is 25.5 Å². The fraction of sp³-hybridized carbons (Fsp3) is 0.179. The van der Waals surface area contributed by atoms with E-state index in [0.29, 0.717) is 18.1 Å². The number of fused-ring (bicyclic) bond motifs is 1. The Kier molecular flexibility index (Phi) is 6.06. The molecule has 2 aromatic carbocycles. The SMILES string of the molecule is COc1ccc(COc2ccn3nc(-c4ccccc4)c(-c4ccc(=O)n(C(C)C)n4)c3c2)cc1. The highest BCUT2D eigenvalue weighted by molar-refractivity contribution is 5.91. The summed E-state index contributed by atoms with van der Waals surface area (Å²) in [4.78, 5) is 12.4. The van der Waals surface area contributed by atoms with E-state index in [1.807, 2.05) is 91.3 Å². The predicted octanol–water partition coefficient (Wildman–Crippen LogP) is 5.39. The van der Waals surface area contributed by atoms with Crippen molar-refractivity contribution in [2.24, 2.45) is 0 Å². The molecule has 0 atom stereocenters. The number of pyridine rings is 1. The van der Waals surface area contributed by atoms with E-state index in [-0.39, 0.29) is 11.6 Å². The fourth-order valence-electron chi connectivity index (χ4n) is 3.98. The summed E-state index contributed by atoms with van der Waals surface area (Å²) in [6, 6.07) is 24.9. The van der Waals surface area contributed by atoms with Crippen molar-refractivity contribution >= 4 is 5.52 Å². The Morgan fingerprint density at radius 1 is 0.886 bits per heavy atom. The Morgan fingerprint density at radius 3 is 2.37 bits per heavy atom. The molecule has 0 unspecified atom stereocenters. The highest BCUT2D eigenvalue weighted by Crippen LogP contribution is 2.35. The van der Waals surface area contributed by atoms with Gasteiger partial charge in [0, 0.05) is 23.9 Å². The van der Waals surface area contributed by atoms with Crippen LogP contribution in [0.4, 0.5) is 0 Å². The highest BCUT2D eigenvalue weighted by atomic mass is 16.5. The van der Waals surface area contributed by atoms with E-state index in [9.17, 15) is 4.79 Å². The Labute approximate surface area is 203 Å². The van der Waals surface area contributed by atoms with Crippen LogP contribution in [0.3, 0.4) is 0 Å². The summed E-state index contributed by atoms with van der Waals surface area (Å²) >= 11 is 0. The number of rotatable bonds is 7. The maximum Gasteiger partial charge on any atom is 0.267 e. The second-order valence-corrected chi connectivity index (χ2v) is 8.51.